The molecule has 262 valence electrons. The van der Waals surface area contributed by atoms with Crippen LogP contribution < -0.4 is 15.0 Å². The Morgan fingerprint density at radius 2 is 1.69 bits per heavy atom. The lowest BCUT2D eigenvalue weighted by Gasteiger charge is -2.36. The van der Waals surface area contributed by atoms with Gasteiger partial charge in [0.2, 0.25) is 11.6 Å². The maximum Gasteiger partial charge on any atom is 0.262 e. The lowest BCUT2D eigenvalue weighted by molar-refractivity contribution is -0.143. The summed E-state index contributed by atoms with van der Waals surface area (Å²) in [7, 11) is 1.63. The van der Waals surface area contributed by atoms with Crippen LogP contribution in [0.1, 0.15) is 88.7 Å². The van der Waals surface area contributed by atoms with Gasteiger partial charge in [-0.1, -0.05) is 50.1 Å². The number of anilines is 1. The highest BCUT2D eigenvalue weighted by Gasteiger charge is 2.57. The van der Waals surface area contributed by atoms with Crippen LogP contribution in [0.2, 0.25) is 5.02 Å². The van der Waals surface area contributed by atoms with Crippen molar-refractivity contribution in [1.29, 1.82) is 0 Å². The van der Waals surface area contributed by atoms with Crippen molar-refractivity contribution < 1.29 is 18.7 Å². The highest BCUT2D eigenvalue weighted by Crippen LogP contribution is 2.47. The topological polar surface area (TPSA) is 65.1 Å². The summed E-state index contributed by atoms with van der Waals surface area (Å²) in [6.45, 7) is 10.3. The van der Waals surface area contributed by atoms with Gasteiger partial charge in [-0.3, -0.25) is 14.5 Å². The number of likely N-dealkylation sites (tertiary alicyclic amines) is 2. The molecular formula is C39H54ClFN4O3. The van der Waals surface area contributed by atoms with Gasteiger partial charge in [0.05, 0.1) is 7.11 Å². The molecule has 1 aliphatic carbocycles. The molecule has 3 heterocycles. The summed E-state index contributed by atoms with van der Waals surface area (Å²) in [6.07, 6.45) is 6.90. The Bertz CT molecular complexity index is 1420. The number of piperidine rings is 1. The Morgan fingerprint density at radius 1 is 0.979 bits per heavy atom. The van der Waals surface area contributed by atoms with Crippen molar-refractivity contribution in [3.05, 3.63) is 58.6 Å². The van der Waals surface area contributed by atoms with Crippen LogP contribution in [0.25, 0.3) is 0 Å². The van der Waals surface area contributed by atoms with Crippen LogP contribution in [-0.2, 0) is 9.59 Å². The number of alkyl halides is 1. The lowest BCUT2D eigenvalue weighted by Crippen LogP contribution is -2.50. The fraction of sp³-hybridized carbons (Fsp3) is 0.641. The van der Waals surface area contributed by atoms with Crippen molar-refractivity contribution in [2.24, 2.45) is 17.8 Å². The quantitative estimate of drug-likeness (QED) is 0.308. The first-order valence-electron chi connectivity index (χ1n) is 18.3. The molecule has 0 spiro atoms. The second-order valence-corrected chi connectivity index (χ2v) is 15.3. The largest absolute Gasteiger partial charge is 0.497 e. The highest BCUT2D eigenvalue weighted by atomic mass is 35.5. The molecule has 0 bridgehead atoms. The number of rotatable bonds is 9. The Hall–Kier alpha value is -2.84. The molecule has 0 aromatic heterocycles. The number of carbonyl (C=O) groups is 2. The molecule has 3 saturated heterocycles. The second-order valence-electron chi connectivity index (χ2n) is 14.9. The van der Waals surface area contributed by atoms with Gasteiger partial charge in [0.25, 0.3) is 5.91 Å². The van der Waals surface area contributed by atoms with Gasteiger partial charge in [-0.2, -0.15) is 0 Å². The van der Waals surface area contributed by atoms with Crippen LogP contribution in [0.5, 0.6) is 5.75 Å². The first-order valence-corrected chi connectivity index (χ1v) is 18.7. The first kappa shape index (κ1) is 35.0. The third-order valence-electron chi connectivity index (χ3n) is 12.0. The minimum absolute atomic E-state index is 0.0224. The molecule has 3 aliphatic heterocycles. The number of hydrogen-bond acceptors (Lipinski definition) is 5. The zero-order valence-corrected chi connectivity index (χ0v) is 30.0. The molecule has 4 aliphatic rings. The Kier molecular flexibility index (Phi) is 10.9. The van der Waals surface area contributed by atoms with Crippen molar-refractivity contribution in [3.63, 3.8) is 0 Å². The van der Waals surface area contributed by atoms with E-state index in [1.165, 1.54) is 5.56 Å². The summed E-state index contributed by atoms with van der Waals surface area (Å²) in [6, 6.07) is 14.0. The van der Waals surface area contributed by atoms with Gasteiger partial charge in [-0.05, 0) is 92.7 Å². The zero-order valence-electron chi connectivity index (χ0n) is 29.2. The van der Waals surface area contributed by atoms with Crippen molar-refractivity contribution in [2.75, 3.05) is 57.8 Å². The SMILES string of the molecule is CCNC(=O)C1CCN(c2cc(Cl)ccc2[C@H]2CN(C(=O)[C@]3(F)CN([C@H]4CC[C@H](C)CC4)C[C@H]3c3ccc(OC)cc3)C[C@@H]2CC)CC1. The van der Waals surface area contributed by atoms with Gasteiger partial charge in [-0.25, -0.2) is 4.39 Å². The van der Waals surface area contributed by atoms with Crippen LogP contribution in [0, 0.1) is 17.8 Å². The summed E-state index contributed by atoms with van der Waals surface area (Å²) in [4.78, 5) is 33.6. The van der Waals surface area contributed by atoms with Crippen molar-refractivity contribution in [2.45, 2.75) is 89.3 Å². The minimum Gasteiger partial charge on any atom is -0.497 e. The Labute approximate surface area is 291 Å². The number of carbonyl (C=O) groups excluding carboxylic acids is 2. The molecule has 9 heteroatoms. The maximum atomic E-state index is 17.8. The smallest absolute Gasteiger partial charge is 0.262 e. The lowest BCUT2D eigenvalue weighted by atomic mass is 9.85. The summed E-state index contributed by atoms with van der Waals surface area (Å²) in [5.41, 5.74) is 1.10. The van der Waals surface area contributed by atoms with E-state index in [9.17, 15) is 9.59 Å². The maximum absolute atomic E-state index is 17.8. The molecule has 4 atom stereocenters. The van der Waals surface area contributed by atoms with E-state index in [-0.39, 0.29) is 36.1 Å². The van der Waals surface area contributed by atoms with E-state index in [1.54, 1.807) is 7.11 Å². The Morgan fingerprint density at radius 3 is 2.33 bits per heavy atom. The number of nitrogens with zero attached hydrogens (tertiary/aromatic N) is 3. The van der Waals surface area contributed by atoms with E-state index in [0.29, 0.717) is 43.2 Å². The number of ether oxygens (including phenoxy) is 1. The molecule has 1 saturated carbocycles. The number of amides is 2. The predicted octanol–water partition coefficient (Wildman–Crippen LogP) is 7.04. The van der Waals surface area contributed by atoms with E-state index in [1.807, 2.05) is 48.2 Å². The fourth-order valence-electron chi connectivity index (χ4n) is 9.03. The fourth-order valence-corrected chi connectivity index (χ4v) is 9.20. The minimum atomic E-state index is -2.01. The first-order chi connectivity index (χ1) is 23.1. The van der Waals surface area contributed by atoms with Gasteiger partial charge >= 0.3 is 0 Å². The molecule has 48 heavy (non-hydrogen) atoms. The summed E-state index contributed by atoms with van der Waals surface area (Å²) in [5.74, 6) is 0.974. The predicted molar refractivity (Wildman–Crippen MR) is 191 cm³/mol. The second kappa shape index (κ2) is 15.0. The Balaban J connectivity index is 1.24. The van der Waals surface area contributed by atoms with Crippen LogP contribution >= 0.6 is 11.6 Å². The average molecular weight is 681 g/mol. The molecule has 7 nitrogen and oxygen atoms in total. The van der Waals surface area contributed by atoms with Crippen LogP contribution in [0.15, 0.2) is 42.5 Å². The zero-order chi connectivity index (χ0) is 34.0. The van der Waals surface area contributed by atoms with E-state index in [0.717, 1.165) is 75.0 Å². The number of nitrogens with one attached hydrogen (secondary N) is 1. The summed E-state index contributed by atoms with van der Waals surface area (Å²) in [5, 5.41) is 3.65. The van der Waals surface area contributed by atoms with Crippen molar-refractivity contribution in [3.8, 4) is 5.75 Å². The van der Waals surface area contributed by atoms with Gasteiger partial charge in [-0.15, -0.1) is 0 Å². The van der Waals surface area contributed by atoms with Crippen molar-refractivity contribution in [1.82, 2.24) is 15.1 Å². The van der Waals surface area contributed by atoms with E-state index >= 15 is 4.39 Å². The molecule has 0 unspecified atom stereocenters. The molecule has 2 amide bonds. The number of hydrogen-bond donors (Lipinski definition) is 1. The van der Waals surface area contributed by atoms with E-state index in [4.69, 9.17) is 16.3 Å². The standard InChI is InChI=1S/C39H54ClFN4O3/c1-5-27-22-44(23-34(27)33-16-11-30(40)21-36(33)43-19-17-29(18-20-43)37(46)42-6-2)38(47)39(41)25-45(31-12-7-26(3)8-13-31)24-35(39)28-9-14-32(48-4)15-10-28/h9-11,14-16,21,26-27,29,31,34-35H,5-8,12-13,17-20,22-25H2,1-4H3,(H,42,46)/t26-,27-,31-,34-,35-,39-/m0/s1. The summed E-state index contributed by atoms with van der Waals surface area (Å²) >= 11 is 6.58. The van der Waals surface area contributed by atoms with E-state index in [2.05, 4.69) is 35.0 Å². The third-order valence-corrected chi connectivity index (χ3v) is 12.2. The third kappa shape index (κ3) is 7.07. The number of halogens is 2. The molecule has 0 radical (unpaired) electrons. The average Bonchev–Trinajstić information content (AvgIpc) is 3.70. The van der Waals surface area contributed by atoms with Crippen LogP contribution in [0.4, 0.5) is 10.1 Å². The number of benzene rings is 2. The van der Waals surface area contributed by atoms with Crippen LogP contribution in [-0.4, -0.2) is 86.2 Å². The van der Waals surface area contributed by atoms with Gasteiger partial charge < -0.3 is 19.9 Å². The van der Waals surface area contributed by atoms with Crippen LogP contribution in [0.3, 0.4) is 0 Å². The highest BCUT2D eigenvalue weighted by molar-refractivity contribution is 6.30. The normalized spacial score (nSPS) is 30.1. The molecule has 6 rings (SSSR count). The van der Waals surface area contributed by atoms with Gasteiger partial charge in [0.1, 0.15) is 5.75 Å². The molecule has 1 N–H and O–H groups in total. The molecular weight excluding hydrogens is 627 g/mol. The van der Waals surface area contributed by atoms with Gasteiger partial charge in [0, 0.05) is 80.3 Å². The molecule has 4 fully saturated rings. The monoisotopic (exact) mass is 680 g/mol. The molecule has 2 aromatic carbocycles. The van der Waals surface area contributed by atoms with E-state index < -0.39 is 11.6 Å². The number of methoxy groups -OCH3 is 1. The van der Waals surface area contributed by atoms with Gasteiger partial charge in [0.15, 0.2) is 0 Å². The van der Waals surface area contributed by atoms with Crippen molar-refractivity contribution >= 4 is 29.1 Å². The summed E-state index contributed by atoms with van der Waals surface area (Å²) < 4.78 is 23.2. The molecule has 2 aromatic rings.